The molecule has 2 rings (SSSR count). The minimum absolute atomic E-state index is 0.919. The summed E-state index contributed by atoms with van der Waals surface area (Å²) in [4.78, 5) is 0. The lowest BCUT2D eigenvalue weighted by molar-refractivity contribution is 0.978. The first kappa shape index (κ1) is 6.34. The molecular formula is C8H9N3. The monoisotopic (exact) mass is 147 g/mol. The van der Waals surface area contributed by atoms with Gasteiger partial charge in [-0.2, -0.15) is 0 Å². The first-order valence-corrected chi connectivity index (χ1v) is 3.56. The highest BCUT2D eigenvalue weighted by molar-refractivity contribution is 5.39. The highest BCUT2D eigenvalue weighted by Gasteiger charge is 2.00. The zero-order chi connectivity index (χ0) is 7.84. The molecule has 2 heterocycles. The van der Waals surface area contributed by atoms with E-state index in [0.717, 1.165) is 11.5 Å². The van der Waals surface area contributed by atoms with Gasteiger partial charge >= 0.3 is 0 Å². The van der Waals surface area contributed by atoms with E-state index in [4.69, 9.17) is 0 Å². The Balaban J connectivity index is 2.96. The van der Waals surface area contributed by atoms with Crippen LogP contribution in [0.1, 0.15) is 11.5 Å². The SMILES string of the molecule is Cc1cccc2nnc(C)n12. The van der Waals surface area contributed by atoms with Gasteiger partial charge in [-0.15, -0.1) is 10.2 Å². The average Bonchev–Trinajstić information content (AvgIpc) is 2.34. The molecule has 56 valence electrons. The number of rotatable bonds is 0. The maximum absolute atomic E-state index is 3.99. The van der Waals surface area contributed by atoms with Crippen LogP contribution < -0.4 is 0 Å². The third-order valence-corrected chi connectivity index (χ3v) is 1.79. The molecule has 0 atom stereocenters. The number of fused-ring (bicyclic) bond motifs is 1. The highest BCUT2D eigenvalue weighted by atomic mass is 15.2. The normalized spacial score (nSPS) is 10.7. The van der Waals surface area contributed by atoms with Crippen molar-refractivity contribution in [1.29, 1.82) is 0 Å². The largest absolute Gasteiger partial charge is 0.284 e. The zero-order valence-electron chi connectivity index (χ0n) is 6.57. The van der Waals surface area contributed by atoms with Crippen molar-refractivity contribution in [2.24, 2.45) is 0 Å². The summed E-state index contributed by atoms with van der Waals surface area (Å²) < 4.78 is 2.03. The molecule has 11 heavy (non-hydrogen) atoms. The van der Waals surface area contributed by atoms with Crippen molar-refractivity contribution in [3.8, 4) is 0 Å². The van der Waals surface area contributed by atoms with Crippen LogP contribution in [0.4, 0.5) is 0 Å². The Kier molecular flexibility index (Phi) is 1.18. The molecular weight excluding hydrogens is 138 g/mol. The summed E-state index contributed by atoms with van der Waals surface area (Å²) in [6, 6.07) is 5.98. The van der Waals surface area contributed by atoms with Crippen molar-refractivity contribution in [2.75, 3.05) is 0 Å². The summed E-state index contributed by atoms with van der Waals surface area (Å²) in [6.45, 7) is 4.00. The van der Waals surface area contributed by atoms with Crippen LogP contribution in [0.3, 0.4) is 0 Å². The van der Waals surface area contributed by atoms with Crippen molar-refractivity contribution in [3.63, 3.8) is 0 Å². The van der Waals surface area contributed by atoms with Gasteiger partial charge in [0.05, 0.1) is 0 Å². The van der Waals surface area contributed by atoms with Crippen molar-refractivity contribution in [1.82, 2.24) is 14.6 Å². The molecule has 0 spiro atoms. The second-order valence-electron chi connectivity index (χ2n) is 2.61. The highest BCUT2D eigenvalue weighted by Crippen LogP contribution is 2.05. The first-order valence-electron chi connectivity index (χ1n) is 3.56. The fourth-order valence-electron chi connectivity index (χ4n) is 1.27. The molecule has 0 saturated heterocycles. The number of nitrogens with zero attached hydrogens (tertiary/aromatic N) is 3. The summed E-state index contributed by atoms with van der Waals surface area (Å²) in [6.07, 6.45) is 0. The zero-order valence-corrected chi connectivity index (χ0v) is 6.57. The number of hydrogen-bond donors (Lipinski definition) is 0. The molecule has 0 aromatic carbocycles. The smallest absolute Gasteiger partial charge is 0.160 e. The fraction of sp³-hybridized carbons (Fsp3) is 0.250. The Morgan fingerprint density at radius 2 is 2.00 bits per heavy atom. The second kappa shape index (κ2) is 2.05. The van der Waals surface area contributed by atoms with Gasteiger partial charge in [0.2, 0.25) is 0 Å². The van der Waals surface area contributed by atoms with E-state index in [9.17, 15) is 0 Å². The second-order valence-corrected chi connectivity index (χ2v) is 2.61. The lowest BCUT2D eigenvalue weighted by Crippen LogP contribution is -1.91. The molecule has 3 nitrogen and oxygen atoms in total. The van der Waals surface area contributed by atoms with Gasteiger partial charge in [0, 0.05) is 5.69 Å². The van der Waals surface area contributed by atoms with Crippen LogP contribution in [-0.2, 0) is 0 Å². The van der Waals surface area contributed by atoms with Crippen LogP contribution in [-0.4, -0.2) is 14.6 Å². The van der Waals surface area contributed by atoms with Gasteiger partial charge in [-0.3, -0.25) is 4.40 Å². The van der Waals surface area contributed by atoms with Crippen LogP contribution in [0.25, 0.3) is 5.65 Å². The van der Waals surface area contributed by atoms with Gasteiger partial charge in [-0.05, 0) is 26.0 Å². The molecule has 0 radical (unpaired) electrons. The van der Waals surface area contributed by atoms with Gasteiger partial charge in [-0.25, -0.2) is 0 Å². The number of hydrogen-bond acceptors (Lipinski definition) is 2. The summed E-state index contributed by atoms with van der Waals surface area (Å²) in [5.74, 6) is 0.943. The van der Waals surface area contributed by atoms with E-state index in [1.54, 1.807) is 0 Å². The van der Waals surface area contributed by atoms with E-state index >= 15 is 0 Å². The van der Waals surface area contributed by atoms with E-state index in [0.29, 0.717) is 0 Å². The predicted octanol–water partition coefficient (Wildman–Crippen LogP) is 1.35. The predicted molar refractivity (Wildman–Crippen MR) is 42.5 cm³/mol. The van der Waals surface area contributed by atoms with Crippen LogP contribution in [0.2, 0.25) is 0 Å². The Hall–Kier alpha value is -1.38. The molecule has 0 bridgehead atoms. The van der Waals surface area contributed by atoms with Gasteiger partial charge < -0.3 is 0 Å². The molecule has 0 saturated carbocycles. The van der Waals surface area contributed by atoms with Crippen molar-refractivity contribution >= 4 is 5.65 Å². The molecule has 0 fully saturated rings. The van der Waals surface area contributed by atoms with Crippen LogP contribution in [0, 0.1) is 13.8 Å². The Bertz CT molecular complexity index is 389. The number of pyridine rings is 1. The lowest BCUT2D eigenvalue weighted by atomic mass is 10.3. The van der Waals surface area contributed by atoms with Gasteiger partial charge in [0.15, 0.2) is 5.65 Å². The Morgan fingerprint density at radius 3 is 2.73 bits per heavy atom. The van der Waals surface area contributed by atoms with Gasteiger partial charge in [0.25, 0.3) is 0 Å². The molecule has 0 aliphatic carbocycles. The molecule has 2 aromatic rings. The molecule has 0 unspecified atom stereocenters. The van der Waals surface area contributed by atoms with E-state index in [2.05, 4.69) is 10.2 Å². The van der Waals surface area contributed by atoms with Crippen molar-refractivity contribution in [2.45, 2.75) is 13.8 Å². The number of aryl methyl sites for hydroxylation is 2. The van der Waals surface area contributed by atoms with Crippen LogP contribution >= 0.6 is 0 Å². The summed E-state index contributed by atoms with van der Waals surface area (Å²) in [7, 11) is 0. The fourth-order valence-corrected chi connectivity index (χ4v) is 1.27. The minimum Gasteiger partial charge on any atom is -0.284 e. The molecule has 0 N–H and O–H groups in total. The average molecular weight is 147 g/mol. The quantitative estimate of drug-likeness (QED) is 0.563. The topological polar surface area (TPSA) is 30.2 Å². The van der Waals surface area contributed by atoms with Crippen LogP contribution in [0.15, 0.2) is 18.2 Å². The molecule has 0 aliphatic heterocycles. The van der Waals surface area contributed by atoms with Crippen LogP contribution in [0.5, 0.6) is 0 Å². The molecule has 0 aliphatic rings. The van der Waals surface area contributed by atoms with Gasteiger partial charge in [0.1, 0.15) is 5.82 Å². The third-order valence-electron chi connectivity index (χ3n) is 1.79. The van der Waals surface area contributed by atoms with E-state index < -0.39 is 0 Å². The minimum atomic E-state index is 0.919. The van der Waals surface area contributed by atoms with E-state index in [-0.39, 0.29) is 0 Å². The molecule has 2 aromatic heterocycles. The van der Waals surface area contributed by atoms with Gasteiger partial charge in [-0.1, -0.05) is 6.07 Å². The summed E-state index contributed by atoms with van der Waals surface area (Å²) in [5.41, 5.74) is 2.09. The standard InChI is InChI=1S/C8H9N3/c1-6-4-3-5-8-10-9-7(2)11(6)8/h3-5H,1-2H3. The molecule has 3 heteroatoms. The summed E-state index contributed by atoms with van der Waals surface area (Å²) >= 11 is 0. The Morgan fingerprint density at radius 1 is 1.18 bits per heavy atom. The third kappa shape index (κ3) is 0.808. The van der Waals surface area contributed by atoms with Crippen molar-refractivity contribution < 1.29 is 0 Å². The lowest BCUT2D eigenvalue weighted by Gasteiger charge is -1.97. The molecule has 0 amide bonds. The maximum atomic E-state index is 3.99. The first-order chi connectivity index (χ1) is 5.29. The van der Waals surface area contributed by atoms with E-state index in [1.807, 2.05) is 36.4 Å². The maximum Gasteiger partial charge on any atom is 0.160 e. The van der Waals surface area contributed by atoms with Crippen molar-refractivity contribution in [3.05, 3.63) is 29.7 Å². The number of aromatic nitrogens is 3. The Labute approximate surface area is 64.7 Å². The summed E-state index contributed by atoms with van der Waals surface area (Å²) in [5, 5.41) is 7.96. The van der Waals surface area contributed by atoms with E-state index in [1.165, 1.54) is 5.69 Å².